The number of nitrogens with one attached hydrogen (secondary N) is 1. The summed E-state index contributed by atoms with van der Waals surface area (Å²) in [4.78, 5) is 11.8. The highest BCUT2D eigenvalue weighted by atomic mass is 32.2. The number of sulfone groups is 1. The van der Waals surface area contributed by atoms with E-state index in [0.717, 1.165) is 11.1 Å². The average molecular weight is 529 g/mol. The Kier molecular flexibility index (Phi) is 8.56. The van der Waals surface area contributed by atoms with Crippen molar-refractivity contribution in [3.63, 3.8) is 0 Å². The van der Waals surface area contributed by atoms with Gasteiger partial charge in [0.1, 0.15) is 12.4 Å². The maximum atomic E-state index is 14.4. The Hall–Kier alpha value is -2.88. The monoisotopic (exact) mass is 528 g/mol. The summed E-state index contributed by atoms with van der Waals surface area (Å²) in [6.07, 6.45) is 3.90. The molecule has 1 aliphatic carbocycles. The highest BCUT2D eigenvalue weighted by Crippen LogP contribution is 2.45. The Morgan fingerprint density at radius 2 is 2.11 bits per heavy atom. The maximum Gasteiger partial charge on any atom is 0.248 e. The van der Waals surface area contributed by atoms with Crippen LogP contribution in [0.5, 0.6) is 5.75 Å². The van der Waals surface area contributed by atoms with Gasteiger partial charge in [0, 0.05) is 19.2 Å². The molecule has 0 fully saturated rings. The van der Waals surface area contributed by atoms with Crippen LogP contribution in [-0.2, 0) is 31.1 Å². The Morgan fingerprint density at radius 1 is 1.30 bits per heavy atom. The fourth-order valence-corrected chi connectivity index (χ4v) is 8.08. The zero-order chi connectivity index (χ0) is 26.5. The highest BCUT2D eigenvalue weighted by molar-refractivity contribution is 7.92. The number of aryl methyl sites for hydroxylation is 1. The standard InChI is InChI=1S/C28H36N2O6S/c1-3-4-8-22(17-35-15-14-34-2)37(32,33)26-13-11-20-7-5-6-9-23(20)28(26)18-30-24-16-21(27(29)31)10-12-25(24)36-19-28/h3,5-7,9-10,12,16,22,26,30H,1,4,8,11,13-15,17-19H2,2H3,(H2,29,31)/t22-,26?,28?/m1/s1. The van der Waals surface area contributed by atoms with Crippen LogP contribution in [0.2, 0.25) is 0 Å². The lowest BCUT2D eigenvalue weighted by Crippen LogP contribution is -2.57. The number of fused-ring (bicyclic) bond motifs is 3. The van der Waals surface area contributed by atoms with Crippen LogP contribution in [0.15, 0.2) is 55.1 Å². The van der Waals surface area contributed by atoms with Gasteiger partial charge in [-0.15, -0.1) is 6.58 Å². The van der Waals surface area contributed by atoms with Gasteiger partial charge in [0.05, 0.1) is 41.4 Å². The van der Waals surface area contributed by atoms with E-state index in [0.29, 0.717) is 62.4 Å². The first kappa shape index (κ1) is 27.2. The summed E-state index contributed by atoms with van der Waals surface area (Å²) in [6, 6.07) is 13.0. The molecule has 0 saturated carbocycles. The molecule has 1 heterocycles. The van der Waals surface area contributed by atoms with Gasteiger partial charge in [-0.05, 0) is 55.0 Å². The predicted molar refractivity (Wildman–Crippen MR) is 144 cm³/mol. The van der Waals surface area contributed by atoms with Crippen molar-refractivity contribution in [3.05, 3.63) is 71.8 Å². The van der Waals surface area contributed by atoms with Crippen molar-refractivity contribution in [1.29, 1.82) is 0 Å². The molecule has 1 amide bonds. The molecule has 2 aliphatic rings. The van der Waals surface area contributed by atoms with Crippen molar-refractivity contribution in [2.75, 3.05) is 45.4 Å². The molecule has 4 rings (SSSR count). The van der Waals surface area contributed by atoms with E-state index in [9.17, 15) is 13.2 Å². The number of primary amides is 1. The lowest BCUT2D eigenvalue weighted by molar-refractivity contribution is 0.0696. The number of nitrogens with two attached hydrogens (primary N) is 1. The number of benzene rings is 2. The van der Waals surface area contributed by atoms with Gasteiger partial charge < -0.3 is 25.3 Å². The highest BCUT2D eigenvalue weighted by Gasteiger charge is 2.53. The summed E-state index contributed by atoms with van der Waals surface area (Å²) in [7, 11) is -2.08. The molecular weight excluding hydrogens is 492 g/mol. The summed E-state index contributed by atoms with van der Waals surface area (Å²) in [5.74, 6) is 0.0257. The van der Waals surface area contributed by atoms with Crippen molar-refractivity contribution in [2.45, 2.75) is 41.6 Å². The van der Waals surface area contributed by atoms with Crippen LogP contribution in [0, 0.1) is 0 Å². The molecule has 0 bridgehead atoms. The van der Waals surface area contributed by atoms with Crippen LogP contribution in [0.4, 0.5) is 5.69 Å². The molecule has 0 radical (unpaired) electrons. The molecule has 3 N–H and O–H groups in total. The van der Waals surface area contributed by atoms with Gasteiger partial charge >= 0.3 is 0 Å². The number of hydrogen-bond acceptors (Lipinski definition) is 7. The van der Waals surface area contributed by atoms with Gasteiger partial charge in [0.15, 0.2) is 9.84 Å². The van der Waals surface area contributed by atoms with E-state index in [-0.39, 0.29) is 13.2 Å². The fraction of sp³-hybridized carbons (Fsp3) is 0.464. The second-order valence-electron chi connectivity index (χ2n) is 9.70. The Labute approximate surface area is 219 Å². The molecule has 0 aromatic heterocycles. The van der Waals surface area contributed by atoms with E-state index in [1.54, 1.807) is 31.4 Å². The van der Waals surface area contributed by atoms with E-state index in [1.165, 1.54) is 0 Å². The summed E-state index contributed by atoms with van der Waals surface area (Å²) < 4.78 is 45.8. The normalized spacial score (nSPS) is 21.6. The Morgan fingerprint density at radius 3 is 2.86 bits per heavy atom. The van der Waals surface area contributed by atoms with Crippen molar-refractivity contribution < 1.29 is 27.4 Å². The zero-order valence-electron chi connectivity index (χ0n) is 21.3. The smallest absolute Gasteiger partial charge is 0.248 e. The topological polar surface area (TPSA) is 117 Å². The molecule has 0 saturated heterocycles. The van der Waals surface area contributed by atoms with Crippen molar-refractivity contribution in [2.24, 2.45) is 5.73 Å². The SMILES string of the molecule is C=CCC[C@H](COCCOC)S(=O)(=O)C1CCc2ccccc2C12CNc1cc(C(N)=O)ccc1OC2. The minimum Gasteiger partial charge on any atom is -0.490 e. The molecule has 3 atom stereocenters. The van der Waals surface area contributed by atoms with E-state index < -0.39 is 31.7 Å². The molecule has 1 spiro atoms. The number of ether oxygens (including phenoxy) is 3. The van der Waals surface area contributed by atoms with Crippen LogP contribution >= 0.6 is 0 Å². The number of hydrogen-bond donors (Lipinski definition) is 2. The molecule has 9 heteroatoms. The minimum atomic E-state index is -3.67. The van der Waals surface area contributed by atoms with E-state index in [1.807, 2.05) is 18.2 Å². The summed E-state index contributed by atoms with van der Waals surface area (Å²) in [6.45, 7) is 5.14. The summed E-state index contributed by atoms with van der Waals surface area (Å²) in [5, 5.41) is 2.04. The van der Waals surface area contributed by atoms with Crippen LogP contribution in [0.1, 0.15) is 40.7 Å². The molecule has 200 valence electrons. The van der Waals surface area contributed by atoms with Gasteiger partial charge in [0.25, 0.3) is 0 Å². The minimum absolute atomic E-state index is 0.101. The number of amides is 1. The van der Waals surface area contributed by atoms with Gasteiger partial charge in [-0.2, -0.15) is 0 Å². The number of rotatable bonds is 11. The van der Waals surface area contributed by atoms with Crippen LogP contribution in [-0.4, -0.2) is 64.9 Å². The van der Waals surface area contributed by atoms with Gasteiger partial charge in [-0.25, -0.2) is 8.42 Å². The molecule has 2 aromatic carbocycles. The third-order valence-corrected chi connectivity index (χ3v) is 10.3. The number of carbonyl (C=O) groups excluding carboxylic acids is 1. The summed E-state index contributed by atoms with van der Waals surface area (Å²) in [5.41, 5.74) is 7.74. The fourth-order valence-electron chi connectivity index (χ4n) is 5.51. The van der Waals surface area contributed by atoms with Crippen LogP contribution in [0.3, 0.4) is 0 Å². The third-order valence-electron chi connectivity index (χ3n) is 7.48. The number of carbonyl (C=O) groups is 1. The van der Waals surface area contributed by atoms with Gasteiger partial charge in [0.2, 0.25) is 5.91 Å². The van der Waals surface area contributed by atoms with Crippen molar-refractivity contribution in [1.82, 2.24) is 0 Å². The first-order valence-electron chi connectivity index (χ1n) is 12.6. The molecule has 37 heavy (non-hydrogen) atoms. The number of allylic oxidation sites excluding steroid dienone is 1. The van der Waals surface area contributed by atoms with Crippen molar-refractivity contribution in [3.8, 4) is 5.75 Å². The molecular formula is C28H36N2O6S. The molecule has 2 aromatic rings. The second-order valence-corrected chi connectivity index (χ2v) is 12.1. The first-order valence-corrected chi connectivity index (χ1v) is 14.2. The van der Waals surface area contributed by atoms with E-state index in [2.05, 4.69) is 18.0 Å². The first-order chi connectivity index (χ1) is 17.8. The number of anilines is 1. The third kappa shape index (κ3) is 5.54. The lowest BCUT2D eigenvalue weighted by Gasteiger charge is -2.45. The average Bonchev–Trinajstić information content (AvgIpc) is 3.08. The number of methoxy groups -OCH3 is 1. The second kappa shape index (κ2) is 11.7. The Balaban J connectivity index is 1.73. The molecule has 1 aliphatic heterocycles. The van der Waals surface area contributed by atoms with Crippen molar-refractivity contribution >= 4 is 21.4 Å². The molecule has 2 unspecified atom stereocenters. The van der Waals surface area contributed by atoms with Gasteiger partial charge in [-0.1, -0.05) is 30.3 Å². The zero-order valence-corrected chi connectivity index (χ0v) is 22.1. The van der Waals surface area contributed by atoms with Crippen LogP contribution < -0.4 is 15.8 Å². The quantitative estimate of drug-likeness (QED) is 0.340. The van der Waals surface area contributed by atoms with E-state index >= 15 is 0 Å². The molecule has 8 nitrogen and oxygen atoms in total. The lowest BCUT2D eigenvalue weighted by atomic mass is 9.70. The Bertz CT molecular complexity index is 1230. The van der Waals surface area contributed by atoms with Gasteiger partial charge in [-0.3, -0.25) is 4.79 Å². The predicted octanol–water partition coefficient (Wildman–Crippen LogP) is 3.26. The summed E-state index contributed by atoms with van der Waals surface area (Å²) >= 11 is 0. The van der Waals surface area contributed by atoms with E-state index in [4.69, 9.17) is 19.9 Å². The van der Waals surface area contributed by atoms with Crippen LogP contribution in [0.25, 0.3) is 0 Å². The maximum absolute atomic E-state index is 14.4. The largest absolute Gasteiger partial charge is 0.490 e.